The Labute approximate surface area is 131 Å². The molecule has 0 fully saturated rings. The third-order valence-electron chi connectivity index (χ3n) is 3.72. The van der Waals surface area contributed by atoms with Crippen LogP contribution in [0.4, 0.5) is 10.5 Å². The molecule has 0 saturated carbocycles. The van der Waals surface area contributed by atoms with Crippen molar-refractivity contribution < 1.29 is 9.90 Å². The predicted molar refractivity (Wildman–Crippen MR) is 88.8 cm³/mol. The number of carbonyl (C=O) groups is 1. The van der Waals surface area contributed by atoms with Crippen molar-refractivity contribution in [1.29, 1.82) is 0 Å². The van der Waals surface area contributed by atoms with Gasteiger partial charge >= 0.3 is 6.03 Å². The van der Waals surface area contributed by atoms with Gasteiger partial charge in [0.2, 0.25) is 0 Å². The molecule has 2 aromatic carbocycles. The SMILES string of the molecule is CCc1cc(NC(=O)NCc2ccccc2CO)ccc1C. The lowest BCUT2D eigenvalue weighted by Crippen LogP contribution is -2.28. The number of hydrogen-bond donors (Lipinski definition) is 3. The number of carbonyl (C=O) groups excluding carboxylic acids is 1. The molecule has 2 amide bonds. The lowest BCUT2D eigenvalue weighted by molar-refractivity contribution is 0.251. The molecule has 2 aromatic rings. The second kappa shape index (κ2) is 7.61. The van der Waals surface area contributed by atoms with E-state index in [1.54, 1.807) is 0 Å². The number of hydrogen-bond acceptors (Lipinski definition) is 2. The molecule has 4 nitrogen and oxygen atoms in total. The summed E-state index contributed by atoms with van der Waals surface area (Å²) in [5.74, 6) is 0. The molecule has 0 spiro atoms. The molecule has 0 bridgehead atoms. The second-order valence-corrected chi connectivity index (χ2v) is 5.23. The fourth-order valence-electron chi connectivity index (χ4n) is 2.37. The monoisotopic (exact) mass is 298 g/mol. The van der Waals surface area contributed by atoms with Crippen LogP contribution in [-0.4, -0.2) is 11.1 Å². The Morgan fingerprint density at radius 3 is 2.50 bits per heavy atom. The zero-order chi connectivity index (χ0) is 15.9. The van der Waals surface area contributed by atoms with E-state index in [0.29, 0.717) is 6.54 Å². The molecule has 0 unspecified atom stereocenters. The van der Waals surface area contributed by atoms with Crippen LogP contribution < -0.4 is 10.6 Å². The van der Waals surface area contributed by atoms with E-state index in [1.165, 1.54) is 11.1 Å². The summed E-state index contributed by atoms with van der Waals surface area (Å²) in [5, 5.41) is 14.9. The Hall–Kier alpha value is -2.33. The summed E-state index contributed by atoms with van der Waals surface area (Å²) in [6, 6.07) is 13.2. The van der Waals surface area contributed by atoms with E-state index in [2.05, 4.69) is 24.5 Å². The molecular weight excluding hydrogens is 276 g/mol. The van der Waals surface area contributed by atoms with E-state index in [4.69, 9.17) is 0 Å². The van der Waals surface area contributed by atoms with Crippen LogP contribution in [0.15, 0.2) is 42.5 Å². The molecule has 22 heavy (non-hydrogen) atoms. The number of rotatable bonds is 5. The van der Waals surface area contributed by atoms with E-state index in [-0.39, 0.29) is 12.6 Å². The third-order valence-corrected chi connectivity index (χ3v) is 3.72. The molecule has 4 heteroatoms. The molecule has 0 heterocycles. The van der Waals surface area contributed by atoms with Gasteiger partial charge in [0.1, 0.15) is 0 Å². The highest BCUT2D eigenvalue weighted by Crippen LogP contribution is 2.16. The first kappa shape index (κ1) is 16.0. The minimum Gasteiger partial charge on any atom is -0.392 e. The highest BCUT2D eigenvalue weighted by molar-refractivity contribution is 5.89. The number of aliphatic hydroxyl groups is 1. The molecule has 116 valence electrons. The van der Waals surface area contributed by atoms with Crippen LogP contribution in [0.3, 0.4) is 0 Å². The standard InChI is InChI=1S/C18H22N2O2/c1-3-14-10-17(9-8-13(14)2)20-18(22)19-11-15-6-4-5-7-16(15)12-21/h4-10,21H,3,11-12H2,1-2H3,(H2,19,20,22). The van der Waals surface area contributed by atoms with Gasteiger partial charge in [0.05, 0.1) is 6.61 Å². The van der Waals surface area contributed by atoms with E-state index in [9.17, 15) is 9.90 Å². The zero-order valence-corrected chi connectivity index (χ0v) is 13.0. The first-order chi connectivity index (χ1) is 10.6. The van der Waals surface area contributed by atoms with Gasteiger partial charge in [0, 0.05) is 12.2 Å². The van der Waals surface area contributed by atoms with E-state index < -0.39 is 0 Å². The van der Waals surface area contributed by atoms with Gasteiger partial charge in [-0.2, -0.15) is 0 Å². The van der Waals surface area contributed by atoms with E-state index in [0.717, 1.165) is 23.2 Å². The average Bonchev–Trinajstić information content (AvgIpc) is 2.55. The largest absolute Gasteiger partial charge is 0.392 e. The maximum Gasteiger partial charge on any atom is 0.319 e. The minimum atomic E-state index is -0.251. The molecule has 0 aliphatic rings. The van der Waals surface area contributed by atoms with Gasteiger partial charge in [0.25, 0.3) is 0 Å². The Morgan fingerprint density at radius 1 is 1.09 bits per heavy atom. The van der Waals surface area contributed by atoms with Gasteiger partial charge in [-0.05, 0) is 47.7 Å². The summed E-state index contributed by atoms with van der Waals surface area (Å²) < 4.78 is 0. The molecular formula is C18H22N2O2. The number of aryl methyl sites for hydroxylation is 2. The van der Waals surface area contributed by atoms with Crippen LogP contribution in [0.25, 0.3) is 0 Å². The Morgan fingerprint density at radius 2 is 1.82 bits per heavy atom. The van der Waals surface area contributed by atoms with Crippen molar-refractivity contribution in [3.8, 4) is 0 Å². The first-order valence-corrected chi connectivity index (χ1v) is 7.46. The number of urea groups is 1. The maximum absolute atomic E-state index is 12.0. The normalized spacial score (nSPS) is 10.3. The smallest absolute Gasteiger partial charge is 0.319 e. The minimum absolute atomic E-state index is 0.0305. The summed E-state index contributed by atoms with van der Waals surface area (Å²) in [5.41, 5.74) is 4.98. The molecule has 0 aromatic heterocycles. The highest BCUT2D eigenvalue weighted by Gasteiger charge is 2.05. The van der Waals surface area contributed by atoms with Crippen molar-refractivity contribution in [3.63, 3.8) is 0 Å². The number of nitrogens with one attached hydrogen (secondary N) is 2. The van der Waals surface area contributed by atoms with Gasteiger partial charge in [0.15, 0.2) is 0 Å². The summed E-state index contributed by atoms with van der Waals surface area (Å²) in [4.78, 5) is 12.0. The van der Waals surface area contributed by atoms with Crippen LogP contribution in [-0.2, 0) is 19.6 Å². The number of benzene rings is 2. The fraction of sp³-hybridized carbons (Fsp3) is 0.278. The highest BCUT2D eigenvalue weighted by atomic mass is 16.3. The van der Waals surface area contributed by atoms with Crippen molar-refractivity contribution in [1.82, 2.24) is 5.32 Å². The Kier molecular flexibility index (Phi) is 5.55. The van der Waals surface area contributed by atoms with Gasteiger partial charge in [-0.1, -0.05) is 37.3 Å². The zero-order valence-electron chi connectivity index (χ0n) is 13.0. The average molecular weight is 298 g/mol. The molecule has 3 N–H and O–H groups in total. The third kappa shape index (κ3) is 4.09. The number of anilines is 1. The quantitative estimate of drug-likeness (QED) is 0.792. The van der Waals surface area contributed by atoms with Crippen LogP contribution in [0.1, 0.15) is 29.2 Å². The topological polar surface area (TPSA) is 61.4 Å². The van der Waals surface area contributed by atoms with Gasteiger partial charge < -0.3 is 15.7 Å². The summed E-state index contributed by atoms with van der Waals surface area (Å²) >= 11 is 0. The Balaban J connectivity index is 1.96. The van der Waals surface area contributed by atoms with Crippen molar-refractivity contribution in [2.24, 2.45) is 0 Å². The van der Waals surface area contributed by atoms with Crippen LogP contribution in [0.2, 0.25) is 0 Å². The van der Waals surface area contributed by atoms with E-state index >= 15 is 0 Å². The van der Waals surface area contributed by atoms with Crippen molar-refractivity contribution >= 4 is 11.7 Å². The van der Waals surface area contributed by atoms with Crippen LogP contribution in [0, 0.1) is 6.92 Å². The summed E-state index contributed by atoms with van der Waals surface area (Å²) in [7, 11) is 0. The molecule has 0 radical (unpaired) electrons. The fourth-order valence-corrected chi connectivity index (χ4v) is 2.37. The summed E-state index contributed by atoms with van der Waals surface area (Å²) in [6.07, 6.45) is 0.937. The first-order valence-electron chi connectivity index (χ1n) is 7.46. The maximum atomic E-state index is 12.0. The molecule has 0 atom stereocenters. The Bertz CT molecular complexity index is 653. The van der Waals surface area contributed by atoms with Crippen LogP contribution >= 0.6 is 0 Å². The summed E-state index contributed by atoms with van der Waals surface area (Å²) in [6.45, 7) is 4.51. The van der Waals surface area contributed by atoms with Gasteiger partial charge in [-0.25, -0.2) is 4.79 Å². The molecule has 2 rings (SSSR count). The predicted octanol–water partition coefficient (Wildman–Crippen LogP) is 3.37. The van der Waals surface area contributed by atoms with Gasteiger partial charge in [-0.15, -0.1) is 0 Å². The molecule has 0 saturated heterocycles. The number of amides is 2. The van der Waals surface area contributed by atoms with Crippen molar-refractivity contribution in [3.05, 3.63) is 64.7 Å². The van der Waals surface area contributed by atoms with E-state index in [1.807, 2.05) is 42.5 Å². The van der Waals surface area contributed by atoms with Crippen molar-refractivity contribution in [2.75, 3.05) is 5.32 Å². The lowest BCUT2D eigenvalue weighted by Gasteiger charge is -2.11. The molecule has 0 aliphatic heterocycles. The molecule has 0 aliphatic carbocycles. The van der Waals surface area contributed by atoms with Crippen molar-refractivity contribution in [2.45, 2.75) is 33.4 Å². The van der Waals surface area contributed by atoms with Crippen LogP contribution in [0.5, 0.6) is 0 Å². The number of aliphatic hydroxyl groups excluding tert-OH is 1. The van der Waals surface area contributed by atoms with Gasteiger partial charge in [-0.3, -0.25) is 0 Å². The second-order valence-electron chi connectivity index (χ2n) is 5.23. The lowest BCUT2D eigenvalue weighted by atomic mass is 10.1.